The molecule has 3 heterocycles. The second kappa shape index (κ2) is 21.9. The summed E-state index contributed by atoms with van der Waals surface area (Å²) in [5, 5.41) is 48.5. The summed E-state index contributed by atoms with van der Waals surface area (Å²) < 4.78 is 61.7. The van der Waals surface area contributed by atoms with Crippen LogP contribution < -0.4 is 11.2 Å². The number of halogens is 1. The van der Waals surface area contributed by atoms with Crippen LogP contribution in [0.4, 0.5) is 4.39 Å². The zero-order valence-electron chi connectivity index (χ0n) is 28.9. The number of ether oxygens (including phenoxy) is 2. The highest BCUT2D eigenvalue weighted by Crippen LogP contribution is 2.61. The van der Waals surface area contributed by atoms with Crippen LogP contribution in [-0.2, 0) is 32.0 Å². The van der Waals surface area contributed by atoms with Gasteiger partial charge in [-0.25, -0.2) is 18.3 Å². The molecule has 0 saturated carbocycles. The third-order valence-electron chi connectivity index (χ3n) is 7.79. The van der Waals surface area contributed by atoms with Gasteiger partial charge in [0.05, 0.1) is 13.2 Å². The van der Waals surface area contributed by atoms with E-state index in [-0.39, 0.29) is 0 Å². The number of phosphoric acid groups is 2. The largest absolute Gasteiger partial charge is 0.483 e. The monoisotopic (exact) mass is 770 g/mol. The quantitative estimate of drug-likeness (QED) is 0.0981. The van der Waals surface area contributed by atoms with Gasteiger partial charge in [0.25, 0.3) is 5.56 Å². The van der Waals surface area contributed by atoms with Gasteiger partial charge in [-0.2, -0.15) is 4.31 Å². The number of aromatic amines is 1. The number of nitrogens with one attached hydrogen (secondary N) is 1. The summed E-state index contributed by atoms with van der Waals surface area (Å²) in [6.07, 6.45) is -16.6. The van der Waals surface area contributed by atoms with E-state index in [1.165, 1.54) is 39.3 Å². The fourth-order valence-corrected chi connectivity index (χ4v) is 6.82. The Morgan fingerprint density at radius 2 is 1.34 bits per heavy atom. The molecule has 0 aliphatic carbocycles. The van der Waals surface area contributed by atoms with Gasteiger partial charge in [0, 0.05) is 12.3 Å². The molecule has 0 spiro atoms. The number of aliphatic hydroxyl groups excluding tert-OH is 5. The maximum absolute atomic E-state index is 13.9. The number of phosphoric ester groups is 2. The predicted molar refractivity (Wildman–Crippen MR) is 175 cm³/mol. The summed E-state index contributed by atoms with van der Waals surface area (Å²) in [6, 6.07) is 0.920. The van der Waals surface area contributed by atoms with Crippen molar-refractivity contribution in [2.24, 2.45) is 0 Å². The Bertz CT molecular complexity index is 1310. The third kappa shape index (κ3) is 14.1. The Balaban J connectivity index is 0.000000748. The number of nitrogens with zero attached hydrogens (tertiary/aromatic N) is 3. The highest BCUT2D eigenvalue weighted by molar-refractivity contribution is 7.61. The topological polar surface area (TPSA) is 283 Å². The van der Waals surface area contributed by atoms with Crippen molar-refractivity contribution >= 4 is 15.6 Å². The Kier molecular flexibility index (Phi) is 20.4. The lowest BCUT2D eigenvalue weighted by Crippen LogP contribution is -2.57. The number of aromatic nitrogens is 2. The molecule has 1 aromatic rings. The summed E-state index contributed by atoms with van der Waals surface area (Å²) in [4.78, 5) is 49.2. The molecule has 50 heavy (non-hydrogen) atoms. The van der Waals surface area contributed by atoms with Crippen LogP contribution in [0.2, 0.25) is 0 Å². The SMILES string of the molecule is CCN(CC)CC.CCN(CC)CC.O=c1ccn([C@@H]2O[C@H](COP(=O)(O)OP(=O)(O)O[C@H]3O[C@H](CO)[C@@H](O)[C@H](F)[C@H]3O)[C@@H](O)[C@H]2O)c(=O)[nH]1. The smallest absolute Gasteiger partial charge is 0.394 e. The Hall–Kier alpha value is -1.49. The van der Waals surface area contributed by atoms with Crippen molar-refractivity contribution < 1.29 is 71.7 Å². The van der Waals surface area contributed by atoms with Crippen molar-refractivity contribution in [3.8, 4) is 0 Å². The number of rotatable bonds is 15. The maximum Gasteiger partial charge on any atom is 0.483 e. The number of aliphatic hydroxyl groups is 5. The second-order valence-corrected chi connectivity index (χ2v) is 13.9. The van der Waals surface area contributed by atoms with Crippen LogP contribution in [0.1, 0.15) is 47.8 Å². The van der Waals surface area contributed by atoms with Gasteiger partial charge in [-0.05, 0) is 39.3 Å². The maximum atomic E-state index is 13.9. The van der Waals surface area contributed by atoms with E-state index in [9.17, 15) is 53.3 Å². The summed E-state index contributed by atoms with van der Waals surface area (Å²) in [5.74, 6) is 0. The van der Waals surface area contributed by atoms with Gasteiger partial charge < -0.3 is 54.6 Å². The van der Waals surface area contributed by atoms with Gasteiger partial charge in [-0.15, -0.1) is 0 Å². The lowest BCUT2D eigenvalue weighted by Gasteiger charge is -2.38. The van der Waals surface area contributed by atoms with Crippen LogP contribution in [0.25, 0.3) is 0 Å². The van der Waals surface area contributed by atoms with Crippen molar-refractivity contribution in [2.75, 3.05) is 52.5 Å². The van der Waals surface area contributed by atoms with Crippen molar-refractivity contribution in [3.63, 3.8) is 0 Å². The minimum atomic E-state index is -5.65. The molecular weight excluding hydrogens is 717 g/mol. The third-order valence-corrected chi connectivity index (χ3v) is 10.4. The lowest BCUT2D eigenvalue weighted by atomic mass is 10.0. The fourth-order valence-electron chi connectivity index (χ4n) is 4.67. The Labute approximate surface area is 289 Å². The molecule has 8 N–H and O–H groups in total. The Morgan fingerprint density at radius 3 is 1.78 bits per heavy atom. The van der Waals surface area contributed by atoms with Gasteiger partial charge in [-0.1, -0.05) is 41.5 Å². The van der Waals surface area contributed by atoms with Crippen LogP contribution in [0.5, 0.6) is 0 Å². The zero-order chi connectivity index (χ0) is 38.4. The number of hydrogen-bond acceptors (Lipinski definition) is 16. The second-order valence-electron chi connectivity index (χ2n) is 10.9. The summed E-state index contributed by atoms with van der Waals surface area (Å²) in [5.41, 5.74) is -1.76. The fraction of sp³-hybridized carbons (Fsp3) is 0.852. The van der Waals surface area contributed by atoms with Crippen LogP contribution in [0.15, 0.2) is 21.9 Å². The van der Waals surface area contributed by atoms with Gasteiger partial charge in [-0.3, -0.25) is 23.4 Å². The van der Waals surface area contributed by atoms with E-state index in [1.54, 1.807) is 0 Å². The van der Waals surface area contributed by atoms with E-state index < -0.39 is 95.4 Å². The first-order valence-electron chi connectivity index (χ1n) is 16.1. The lowest BCUT2D eigenvalue weighted by molar-refractivity contribution is -0.268. The van der Waals surface area contributed by atoms with Gasteiger partial charge in [0.15, 0.2) is 18.7 Å². The highest BCUT2D eigenvalue weighted by Gasteiger charge is 2.50. The molecule has 2 saturated heterocycles. The first-order valence-corrected chi connectivity index (χ1v) is 19.1. The van der Waals surface area contributed by atoms with Gasteiger partial charge >= 0.3 is 21.3 Å². The molecule has 1 aromatic heterocycles. The molecular formula is C27H53FN4O16P2. The highest BCUT2D eigenvalue weighted by atomic mass is 31.3. The molecule has 20 nitrogen and oxygen atoms in total. The number of H-pyrrole nitrogens is 1. The van der Waals surface area contributed by atoms with E-state index >= 15 is 0 Å². The minimum Gasteiger partial charge on any atom is -0.394 e. The molecule has 0 bridgehead atoms. The number of hydrogen-bond donors (Lipinski definition) is 8. The molecule has 2 aliphatic rings. The number of alkyl halides is 1. The van der Waals surface area contributed by atoms with Gasteiger partial charge in [0.2, 0.25) is 0 Å². The average molecular weight is 771 g/mol. The van der Waals surface area contributed by atoms with E-state index in [0.29, 0.717) is 4.57 Å². The van der Waals surface area contributed by atoms with Crippen molar-refractivity contribution in [1.29, 1.82) is 0 Å². The molecule has 0 aromatic carbocycles. The van der Waals surface area contributed by atoms with Gasteiger partial charge in [0.1, 0.15) is 36.6 Å². The summed E-state index contributed by atoms with van der Waals surface area (Å²) >= 11 is 0. The minimum absolute atomic E-state index is 0.713. The summed E-state index contributed by atoms with van der Waals surface area (Å²) in [6.45, 7) is 18.2. The first-order chi connectivity index (χ1) is 23.3. The zero-order valence-corrected chi connectivity index (χ0v) is 30.7. The molecule has 2 fully saturated rings. The first kappa shape index (κ1) is 46.5. The molecule has 11 atom stereocenters. The van der Waals surface area contributed by atoms with Crippen molar-refractivity contribution in [2.45, 2.75) is 96.9 Å². The van der Waals surface area contributed by atoms with Crippen LogP contribution in [0, 0.1) is 0 Å². The van der Waals surface area contributed by atoms with E-state index in [4.69, 9.17) is 14.6 Å². The molecule has 0 amide bonds. The average Bonchev–Trinajstić information content (AvgIpc) is 3.34. The van der Waals surface area contributed by atoms with Crippen molar-refractivity contribution in [1.82, 2.24) is 19.4 Å². The van der Waals surface area contributed by atoms with E-state index in [2.05, 4.69) is 64.7 Å². The van der Waals surface area contributed by atoms with Crippen LogP contribution in [0.3, 0.4) is 0 Å². The van der Waals surface area contributed by atoms with E-state index in [1.807, 2.05) is 4.98 Å². The van der Waals surface area contributed by atoms with Crippen LogP contribution >= 0.6 is 15.6 Å². The molecule has 0 radical (unpaired) electrons. The molecule has 3 rings (SSSR count). The van der Waals surface area contributed by atoms with E-state index in [0.717, 1.165) is 12.3 Å². The van der Waals surface area contributed by atoms with Crippen LogP contribution in [-0.4, -0.2) is 156 Å². The molecule has 2 unspecified atom stereocenters. The molecule has 294 valence electrons. The van der Waals surface area contributed by atoms with Crippen molar-refractivity contribution in [3.05, 3.63) is 33.1 Å². The molecule has 2 aliphatic heterocycles. The Morgan fingerprint density at radius 1 is 0.820 bits per heavy atom. The summed E-state index contributed by atoms with van der Waals surface area (Å²) in [7, 11) is -11.2. The normalized spacial score (nSPS) is 30.5. The standard InChI is InChI=1S/C15H23FN2O16P2.2C6H15N/c16-8-9(21)5(3-19)32-14(11(8)23)33-36(28,29)34-35(26,27)30-4-6-10(22)12(24)13(31-6)18-2-1-7(20)17-15(18)25;2*1-4-7(5-2)6-3/h1-2,5-6,8-14,19,21-24H,3-4H2,(H,26,27)(H,28,29)(H,17,20,25);2*4-6H2,1-3H3/t5-,6-,8+,9-,10-,11-,12-,13-,14-;;/m1../s1. The predicted octanol–water partition coefficient (Wildman–Crippen LogP) is -1.12. The molecule has 23 heteroatoms.